The van der Waals surface area contributed by atoms with Crippen LogP contribution in [0, 0.1) is 0 Å². The van der Waals surface area contributed by atoms with E-state index in [1.807, 2.05) is 24.0 Å². The molecule has 8 nitrogen and oxygen atoms in total. The minimum atomic E-state index is -0.335. The van der Waals surface area contributed by atoms with Gasteiger partial charge in [-0.15, -0.1) is 0 Å². The van der Waals surface area contributed by atoms with Crippen LogP contribution in [0.15, 0.2) is 42.7 Å². The highest BCUT2D eigenvalue weighted by molar-refractivity contribution is 5.92. The lowest BCUT2D eigenvalue weighted by atomic mass is 10.1. The number of nitrogens with zero attached hydrogens (tertiary/aromatic N) is 3. The number of amides is 2. The number of likely N-dealkylation sites (tertiary alicyclic amines) is 1. The Kier molecular flexibility index (Phi) is 5.97. The first kappa shape index (κ1) is 18.8. The number of rotatable bonds is 6. The quantitative estimate of drug-likeness (QED) is 0.687. The van der Waals surface area contributed by atoms with Gasteiger partial charge in [0, 0.05) is 43.6 Å². The highest BCUT2D eigenvalue weighted by Crippen LogP contribution is 2.22. The number of nitrogens with one attached hydrogen (secondary N) is 2. The molecular formula is C19H24N6O2. The molecule has 3 heterocycles. The van der Waals surface area contributed by atoms with Gasteiger partial charge in [0.1, 0.15) is 11.5 Å². The fourth-order valence-corrected chi connectivity index (χ4v) is 3.31. The molecule has 8 heteroatoms. The van der Waals surface area contributed by atoms with E-state index in [1.54, 1.807) is 30.6 Å². The first-order valence-corrected chi connectivity index (χ1v) is 9.01. The van der Waals surface area contributed by atoms with Crippen molar-refractivity contribution >= 4 is 17.6 Å². The van der Waals surface area contributed by atoms with Gasteiger partial charge in [0.25, 0.3) is 5.91 Å². The minimum Gasteiger partial charge on any atom is -0.383 e. The number of anilines is 1. The molecule has 0 bridgehead atoms. The zero-order valence-corrected chi connectivity index (χ0v) is 15.3. The number of carbonyl (C=O) groups is 2. The summed E-state index contributed by atoms with van der Waals surface area (Å²) in [7, 11) is 0. The van der Waals surface area contributed by atoms with Gasteiger partial charge >= 0.3 is 0 Å². The normalized spacial score (nSPS) is 19.6. The summed E-state index contributed by atoms with van der Waals surface area (Å²) < 4.78 is 0. The molecule has 2 aromatic heterocycles. The van der Waals surface area contributed by atoms with Crippen molar-refractivity contribution in [3.05, 3.63) is 54.0 Å². The highest BCUT2D eigenvalue weighted by atomic mass is 16.2. The molecule has 27 heavy (non-hydrogen) atoms. The number of likely N-dealkylation sites (N-methyl/N-ethyl adjacent to an activating group) is 1. The van der Waals surface area contributed by atoms with Crippen molar-refractivity contribution in [3.63, 3.8) is 0 Å². The zero-order valence-electron chi connectivity index (χ0n) is 15.3. The van der Waals surface area contributed by atoms with E-state index in [1.165, 1.54) is 0 Å². The fraction of sp³-hybridized carbons (Fsp3) is 0.368. The first-order chi connectivity index (χ1) is 13.1. The summed E-state index contributed by atoms with van der Waals surface area (Å²) >= 11 is 0. The standard InChI is InChI=1S/C19H24N6O2/c1-2-21-19(27)16-10-14(24-18(26)15-7-3-4-8-22-15)12-25(16)11-13-6-5-9-23-17(13)20/h3-9,14,16H,2,10-12H2,1H3,(H2,20,23)(H,21,27)(H,24,26)/t14-,16-/m0/s1. The number of aromatic nitrogens is 2. The van der Waals surface area contributed by atoms with Gasteiger partial charge in [-0.2, -0.15) is 0 Å². The summed E-state index contributed by atoms with van der Waals surface area (Å²) in [4.78, 5) is 35.1. The van der Waals surface area contributed by atoms with Crippen LogP contribution in [0.3, 0.4) is 0 Å². The van der Waals surface area contributed by atoms with E-state index < -0.39 is 0 Å². The van der Waals surface area contributed by atoms with E-state index in [9.17, 15) is 9.59 Å². The van der Waals surface area contributed by atoms with Crippen molar-refractivity contribution in [3.8, 4) is 0 Å². The van der Waals surface area contributed by atoms with E-state index in [-0.39, 0.29) is 23.9 Å². The van der Waals surface area contributed by atoms with Gasteiger partial charge in [-0.3, -0.25) is 19.5 Å². The maximum absolute atomic E-state index is 12.5. The molecule has 2 amide bonds. The number of nitrogens with two attached hydrogens (primary N) is 1. The number of pyridine rings is 2. The van der Waals surface area contributed by atoms with Crippen molar-refractivity contribution in [2.45, 2.75) is 32.0 Å². The van der Waals surface area contributed by atoms with Crippen LogP contribution in [0.25, 0.3) is 0 Å². The van der Waals surface area contributed by atoms with Gasteiger partial charge in [-0.05, 0) is 31.5 Å². The molecule has 142 valence electrons. The summed E-state index contributed by atoms with van der Waals surface area (Å²) in [6.07, 6.45) is 3.75. The van der Waals surface area contributed by atoms with E-state index in [0.717, 1.165) is 5.56 Å². The van der Waals surface area contributed by atoms with Crippen molar-refractivity contribution in [1.82, 2.24) is 25.5 Å². The van der Waals surface area contributed by atoms with Crippen molar-refractivity contribution in [2.24, 2.45) is 0 Å². The average Bonchev–Trinajstić information content (AvgIpc) is 3.07. The van der Waals surface area contributed by atoms with Crippen LogP contribution < -0.4 is 16.4 Å². The lowest BCUT2D eigenvalue weighted by molar-refractivity contribution is -0.125. The van der Waals surface area contributed by atoms with E-state index in [0.29, 0.717) is 37.6 Å². The number of nitrogen functional groups attached to an aromatic ring is 1. The summed E-state index contributed by atoms with van der Waals surface area (Å²) in [5.74, 6) is 0.167. The molecule has 0 aromatic carbocycles. The Morgan fingerprint density at radius 3 is 2.74 bits per heavy atom. The summed E-state index contributed by atoms with van der Waals surface area (Å²) in [5.41, 5.74) is 7.18. The Labute approximate surface area is 158 Å². The van der Waals surface area contributed by atoms with Gasteiger partial charge in [0.05, 0.1) is 6.04 Å². The maximum atomic E-state index is 12.5. The second kappa shape index (κ2) is 8.59. The van der Waals surface area contributed by atoms with Crippen molar-refractivity contribution in [2.75, 3.05) is 18.8 Å². The highest BCUT2D eigenvalue weighted by Gasteiger charge is 2.37. The average molecular weight is 368 g/mol. The predicted octanol–water partition coefficient (Wildman–Crippen LogP) is 0.568. The van der Waals surface area contributed by atoms with Crippen LogP contribution in [-0.2, 0) is 11.3 Å². The van der Waals surface area contributed by atoms with Crippen molar-refractivity contribution < 1.29 is 9.59 Å². The molecule has 1 saturated heterocycles. The topological polar surface area (TPSA) is 113 Å². The zero-order chi connectivity index (χ0) is 19.2. The van der Waals surface area contributed by atoms with Gasteiger partial charge < -0.3 is 16.4 Å². The molecule has 1 fully saturated rings. The van der Waals surface area contributed by atoms with Crippen LogP contribution in [0.5, 0.6) is 0 Å². The number of carbonyl (C=O) groups excluding carboxylic acids is 2. The van der Waals surface area contributed by atoms with Crippen LogP contribution in [0.2, 0.25) is 0 Å². The molecule has 1 aliphatic rings. The molecule has 0 saturated carbocycles. The smallest absolute Gasteiger partial charge is 0.270 e. The largest absolute Gasteiger partial charge is 0.383 e. The second-order valence-electron chi connectivity index (χ2n) is 6.51. The fourth-order valence-electron chi connectivity index (χ4n) is 3.31. The van der Waals surface area contributed by atoms with Gasteiger partial charge in [0.2, 0.25) is 5.91 Å². The van der Waals surface area contributed by atoms with Gasteiger partial charge in [0.15, 0.2) is 0 Å². The Morgan fingerprint density at radius 1 is 1.22 bits per heavy atom. The minimum absolute atomic E-state index is 0.0467. The molecule has 0 unspecified atom stereocenters. The number of hydrogen-bond donors (Lipinski definition) is 3. The molecule has 0 aliphatic carbocycles. The molecule has 4 N–H and O–H groups in total. The molecule has 0 spiro atoms. The van der Waals surface area contributed by atoms with Crippen LogP contribution in [0.4, 0.5) is 5.82 Å². The molecular weight excluding hydrogens is 344 g/mol. The predicted molar refractivity (Wildman–Crippen MR) is 102 cm³/mol. The van der Waals surface area contributed by atoms with E-state index >= 15 is 0 Å². The summed E-state index contributed by atoms with van der Waals surface area (Å²) in [6.45, 7) is 3.49. The Hall–Kier alpha value is -3.00. The third-order valence-electron chi connectivity index (χ3n) is 4.59. The lowest BCUT2D eigenvalue weighted by Crippen LogP contribution is -2.42. The molecule has 2 aromatic rings. The third-order valence-corrected chi connectivity index (χ3v) is 4.59. The number of hydrogen-bond acceptors (Lipinski definition) is 6. The van der Waals surface area contributed by atoms with Crippen LogP contribution >= 0.6 is 0 Å². The van der Waals surface area contributed by atoms with Gasteiger partial charge in [-0.1, -0.05) is 12.1 Å². The van der Waals surface area contributed by atoms with E-state index in [4.69, 9.17) is 5.73 Å². The van der Waals surface area contributed by atoms with Gasteiger partial charge in [-0.25, -0.2) is 4.98 Å². The molecule has 2 atom stereocenters. The summed E-state index contributed by atoms with van der Waals surface area (Å²) in [5, 5.41) is 5.85. The maximum Gasteiger partial charge on any atom is 0.270 e. The van der Waals surface area contributed by atoms with Crippen molar-refractivity contribution in [1.29, 1.82) is 0 Å². The monoisotopic (exact) mass is 368 g/mol. The summed E-state index contributed by atoms with van der Waals surface area (Å²) in [6, 6.07) is 8.44. The molecule has 3 rings (SSSR count). The lowest BCUT2D eigenvalue weighted by Gasteiger charge is -2.23. The Balaban J connectivity index is 1.72. The molecule has 0 radical (unpaired) electrons. The third kappa shape index (κ3) is 4.59. The van der Waals surface area contributed by atoms with E-state index in [2.05, 4.69) is 20.6 Å². The second-order valence-corrected chi connectivity index (χ2v) is 6.51. The Morgan fingerprint density at radius 2 is 2.04 bits per heavy atom. The van der Waals surface area contributed by atoms with Crippen LogP contribution in [0.1, 0.15) is 29.4 Å². The molecule has 1 aliphatic heterocycles. The SMILES string of the molecule is CCNC(=O)[C@@H]1C[C@H](NC(=O)c2ccccn2)CN1Cc1cccnc1N. The Bertz CT molecular complexity index is 798. The van der Waals surface area contributed by atoms with Crippen LogP contribution in [-0.4, -0.2) is 51.9 Å². The first-order valence-electron chi connectivity index (χ1n) is 9.01.